The van der Waals surface area contributed by atoms with Crippen LogP contribution in [0.2, 0.25) is 0 Å². The highest BCUT2D eigenvalue weighted by atomic mass is 16.3. The Morgan fingerprint density at radius 3 is 2.00 bits per heavy atom. The van der Waals surface area contributed by atoms with Gasteiger partial charge in [0.1, 0.15) is 0 Å². The first-order valence-corrected chi connectivity index (χ1v) is 9.36. The van der Waals surface area contributed by atoms with Crippen molar-refractivity contribution >= 4 is 5.69 Å². The molecule has 0 aromatic heterocycles. The zero-order chi connectivity index (χ0) is 16.9. The first kappa shape index (κ1) is 19.7. The van der Waals surface area contributed by atoms with Gasteiger partial charge in [0.2, 0.25) is 0 Å². The summed E-state index contributed by atoms with van der Waals surface area (Å²) in [5.41, 5.74) is 0.617. The van der Waals surface area contributed by atoms with Crippen LogP contribution in [0.5, 0.6) is 11.5 Å². The molecule has 1 rings (SSSR count). The van der Waals surface area contributed by atoms with E-state index >= 15 is 0 Å². The Bertz CT molecular complexity index is 418. The molecular formula is C20H35NO2. The van der Waals surface area contributed by atoms with E-state index < -0.39 is 0 Å². The van der Waals surface area contributed by atoms with Crippen molar-refractivity contribution in [2.75, 3.05) is 11.9 Å². The van der Waals surface area contributed by atoms with Crippen LogP contribution in [-0.2, 0) is 0 Å². The van der Waals surface area contributed by atoms with Crippen molar-refractivity contribution in [1.82, 2.24) is 0 Å². The van der Waals surface area contributed by atoms with E-state index in [0.717, 1.165) is 18.9 Å². The fourth-order valence-electron chi connectivity index (χ4n) is 2.81. The van der Waals surface area contributed by atoms with Gasteiger partial charge in [0, 0.05) is 6.54 Å². The second-order valence-corrected chi connectivity index (χ2v) is 6.96. The van der Waals surface area contributed by atoms with Gasteiger partial charge in [0.15, 0.2) is 11.5 Å². The van der Waals surface area contributed by atoms with Crippen molar-refractivity contribution in [1.29, 1.82) is 0 Å². The molecular weight excluding hydrogens is 286 g/mol. The first-order valence-electron chi connectivity index (χ1n) is 9.36. The van der Waals surface area contributed by atoms with Gasteiger partial charge in [-0.05, 0) is 24.5 Å². The summed E-state index contributed by atoms with van der Waals surface area (Å²) >= 11 is 0. The van der Waals surface area contributed by atoms with Gasteiger partial charge >= 0.3 is 0 Å². The summed E-state index contributed by atoms with van der Waals surface area (Å²) in [7, 11) is 0. The average molecular weight is 322 g/mol. The van der Waals surface area contributed by atoms with Crippen molar-refractivity contribution in [3.63, 3.8) is 0 Å². The molecule has 0 saturated carbocycles. The molecule has 1 aromatic rings. The minimum absolute atomic E-state index is 0.0510. The summed E-state index contributed by atoms with van der Waals surface area (Å²) in [5.74, 6) is 0.735. The van der Waals surface area contributed by atoms with Gasteiger partial charge < -0.3 is 15.5 Å². The molecule has 3 N–H and O–H groups in total. The maximum atomic E-state index is 9.68. The van der Waals surface area contributed by atoms with E-state index in [1.807, 2.05) is 0 Å². The highest BCUT2D eigenvalue weighted by Crippen LogP contribution is 2.32. The lowest BCUT2D eigenvalue weighted by atomic mass is 10.0. The molecule has 0 amide bonds. The fourth-order valence-corrected chi connectivity index (χ4v) is 2.81. The summed E-state index contributed by atoms with van der Waals surface area (Å²) in [4.78, 5) is 0. The van der Waals surface area contributed by atoms with Crippen molar-refractivity contribution in [3.8, 4) is 11.5 Å². The van der Waals surface area contributed by atoms with Gasteiger partial charge in [0.05, 0.1) is 5.69 Å². The number of anilines is 1. The normalized spacial score (nSPS) is 11.1. The Morgan fingerprint density at radius 1 is 0.826 bits per heavy atom. The molecule has 3 heteroatoms. The number of nitrogens with one attached hydrogen (secondary N) is 1. The maximum Gasteiger partial charge on any atom is 0.181 e. The third-order valence-corrected chi connectivity index (χ3v) is 4.29. The summed E-state index contributed by atoms with van der Waals surface area (Å²) in [6.07, 6.45) is 13.3. The lowest BCUT2D eigenvalue weighted by Gasteiger charge is -2.09. The highest BCUT2D eigenvalue weighted by molar-refractivity contribution is 5.61. The molecule has 0 spiro atoms. The Kier molecular flexibility index (Phi) is 10.3. The van der Waals surface area contributed by atoms with Gasteiger partial charge in [-0.3, -0.25) is 0 Å². The number of hydrogen-bond donors (Lipinski definition) is 3. The van der Waals surface area contributed by atoms with Crippen LogP contribution >= 0.6 is 0 Å². The molecule has 132 valence electrons. The van der Waals surface area contributed by atoms with E-state index in [4.69, 9.17) is 0 Å². The summed E-state index contributed by atoms with van der Waals surface area (Å²) < 4.78 is 0. The molecule has 0 aliphatic carbocycles. The molecule has 0 atom stereocenters. The number of rotatable bonds is 13. The molecule has 0 saturated heterocycles. The SMILES string of the molecule is CC(C)CCCCCCCCCCCNc1cccc(O)c1O. The lowest BCUT2D eigenvalue weighted by molar-refractivity contribution is 0.405. The number of para-hydroxylation sites is 1. The molecule has 0 fully saturated rings. The first-order chi connectivity index (χ1) is 11.1. The molecule has 0 heterocycles. The number of unbranched alkanes of at least 4 members (excludes halogenated alkanes) is 8. The van der Waals surface area contributed by atoms with E-state index in [1.165, 1.54) is 63.9 Å². The Balaban J connectivity index is 1.89. The minimum Gasteiger partial charge on any atom is -0.504 e. The van der Waals surface area contributed by atoms with Crippen LogP contribution in [0.4, 0.5) is 5.69 Å². The Morgan fingerprint density at radius 2 is 1.39 bits per heavy atom. The second kappa shape index (κ2) is 12.1. The molecule has 1 aromatic carbocycles. The Labute approximate surface area is 142 Å². The Hall–Kier alpha value is -1.38. The van der Waals surface area contributed by atoms with Crippen LogP contribution in [0.3, 0.4) is 0 Å². The van der Waals surface area contributed by atoms with Crippen molar-refractivity contribution < 1.29 is 10.2 Å². The highest BCUT2D eigenvalue weighted by Gasteiger charge is 2.04. The minimum atomic E-state index is -0.0663. The van der Waals surface area contributed by atoms with Crippen LogP contribution < -0.4 is 5.32 Å². The van der Waals surface area contributed by atoms with Gasteiger partial charge in [-0.2, -0.15) is 0 Å². The zero-order valence-electron chi connectivity index (χ0n) is 15.0. The standard InChI is InChI=1S/C20H35NO2/c1-17(2)13-10-8-6-4-3-5-7-9-11-16-21-18-14-12-15-19(22)20(18)23/h12,14-15,17,21-23H,3-11,13,16H2,1-2H3. The van der Waals surface area contributed by atoms with Crippen molar-refractivity contribution in [2.45, 2.75) is 78.1 Å². The van der Waals surface area contributed by atoms with Crippen LogP contribution in [0.1, 0.15) is 78.1 Å². The third-order valence-electron chi connectivity index (χ3n) is 4.29. The van der Waals surface area contributed by atoms with Crippen LogP contribution in [0.15, 0.2) is 18.2 Å². The van der Waals surface area contributed by atoms with Crippen LogP contribution in [0, 0.1) is 5.92 Å². The van der Waals surface area contributed by atoms with E-state index in [1.54, 1.807) is 12.1 Å². The van der Waals surface area contributed by atoms with Crippen LogP contribution in [0.25, 0.3) is 0 Å². The molecule has 0 bridgehead atoms. The van der Waals surface area contributed by atoms with Gasteiger partial charge in [-0.25, -0.2) is 0 Å². The second-order valence-electron chi connectivity index (χ2n) is 6.96. The third kappa shape index (κ3) is 9.37. The van der Waals surface area contributed by atoms with E-state index in [-0.39, 0.29) is 11.5 Å². The van der Waals surface area contributed by atoms with Crippen molar-refractivity contribution in [3.05, 3.63) is 18.2 Å². The molecule has 0 unspecified atom stereocenters. The van der Waals surface area contributed by atoms with E-state index in [9.17, 15) is 10.2 Å². The largest absolute Gasteiger partial charge is 0.504 e. The quantitative estimate of drug-likeness (QED) is 0.305. The number of phenols is 2. The lowest BCUT2D eigenvalue weighted by Crippen LogP contribution is -2.01. The number of benzene rings is 1. The molecule has 0 radical (unpaired) electrons. The molecule has 0 aliphatic rings. The van der Waals surface area contributed by atoms with Crippen LogP contribution in [-0.4, -0.2) is 16.8 Å². The zero-order valence-corrected chi connectivity index (χ0v) is 15.0. The monoisotopic (exact) mass is 321 g/mol. The number of phenolic OH excluding ortho intramolecular Hbond substituents is 2. The molecule has 0 aliphatic heterocycles. The van der Waals surface area contributed by atoms with Gasteiger partial charge in [0.25, 0.3) is 0 Å². The maximum absolute atomic E-state index is 9.68. The van der Waals surface area contributed by atoms with E-state index in [2.05, 4.69) is 19.2 Å². The van der Waals surface area contributed by atoms with E-state index in [0.29, 0.717) is 5.69 Å². The predicted molar refractivity (Wildman–Crippen MR) is 99.3 cm³/mol. The van der Waals surface area contributed by atoms with Gasteiger partial charge in [-0.1, -0.05) is 77.7 Å². The fraction of sp³-hybridized carbons (Fsp3) is 0.700. The molecule has 3 nitrogen and oxygen atoms in total. The predicted octanol–water partition coefficient (Wildman–Crippen LogP) is 6.07. The van der Waals surface area contributed by atoms with Gasteiger partial charge in [-0.15, -0.1) is 0 Å². The smallest absolute Gasteiger partial charge is 0.181 e. The average Bonchev–Trinajstić information content (AvgIpc) is 2.52. The topological polar surface area (TPSA) is 52.5 Å². The number of hydrogen-bond acceptors (Lipinski definition) is 3. The number of aromatic hydroxyl groups is 2. The van der Waals surface area contributed by atoms with Crippen molar-refractivity contribution in [2.24, 2.45) is 5.92 Å². The summed E-state index contributed by atoms with van der Waals surface area (Å²) in [5, 5.41) is 22.3. The summed E-state index contributed by atoms with van der Waals surface area (Å²) in [6, 6.07) is 5.01. The molecule has 23 heavy (non-hydrogen) atoms. The summed E-state index contributed by atoms with van der Waals surface area (Å²) in [6.45, 7) is 5.44.